The summed E-state index contributed by atoms with van der Waals surface area (Å²) in [6, 6.07) is 11.7. The molecule has 0 amide bonds. The molecule has 0 aliphatic carbocycles. The van der Waals surface area contributed by atoms with Crippen LogP contribution in [0.25, 0.3) is 0 Å². The number of aryl methyl sites for hydroxylation is 2. The summed E-state index contributed by atoms with van der Waals surface area (Å²) in [5.41, 5.74) is 5.09. The van der Waals surface area contributed by atoms with E-state index in [-0.39, 0.29) is 0 Å². The van der Waals surface area contributed by atoms with Crippen LogP contribution in [0, 0.1) is 13.8 Å². The largest absolute Gasteiger partial charge is 0.391 e. The lowest BCUT2D eigenvalue weighted by molar-refractivity contribution is 0.132. The second-order valence-corrected chi connectivity index (χ2v) is 6.32. The zero-order valence-corrected chi connectivity index (χ0v) is 15.9. The Morgan fingerprint density at radius 1 is 1.16 bits per heavy atom. The van der Waals surface area contributed by atoms with E-state index in [0.29, 0.717) is 11.6 Å². The molecule has 0 unspecified atom stereocenters. The minimum Gasteiger partial charge on any atom is -0.391 e. The Balaban J connectivity index is 2.03. The summed E-state index contributed by atoms with van der Waals surface area (Å²) in [7, 11) is 2.00. The average Bonchev–Trinajstić information content (AvgIpc) is 2.61. The predicted octanol–water partition coefficient (Wildman–Crippen LogP) is 5.12. The maximum Gasteiger partial charge on any atom is 0.143 e. The first-order valence-corrected chi connectivity index (χ1v) is 8.63. The molecule has 132 valence electrons. The summed E-state index contributed by atoms with van der Waals surface area (Å²) in [5.74, 6) is 0. The normalized spacial score (nSPS) is 11.4. The zero-order valence-electron chi connectivity index (χ0n) is 15.2. The van der Waals surface area contributed by atoms with Gasteiger partial charge in [0.15, 0.2) is 0 Å². The number of oxime groups is 1. The van der Waals surface area contributed by atoms with Crippen LogP contribution in [0.15, 0.2) is 46.5 Å². The second-order valence-electron chi connectivity index (χ2n) is 5.91. The average molecular weight is 358 g/mol. The van der Waals surface area contributed by atoms with Crippen LogP contribution in [-0.2, 0) is 11.4 Å². The van der Waals surface area contributed by atoms with Crippen LogP contribution in [0.5, 0.6) is 0 Å². The van der Waals surface area contributed by atoms with E-state index in [4.69, 9.17) is 16.4 Å². The fourth-order valence-electron chi connectivity index (χ4n) is 2.16. The van der Waals surface area contributed by atoms with Crippen LogP contribution < -0.4 is 0 Å². The van der Waals surface area contributed by atoms with Crippen molar-refractivity contribution < 1.29 is 4.84 Å². The summed E-state index contributed by atoms with van der Waals surface area (Å²) in [6.07, 6.45) is 3.58. The molecule has 0 saturated carbocycles. The molecular formula is C20H24ClN3O. The topological polar surface area (TPSA) is 37.2 Å². The third-order valence-electron chi connectivity index (χ3n) is 3.92. The lowest BCUT2D eigenvalue weighted by Crippen LogP contribution is -2.14. The summed E-state index contributed by atoms with van der Waals surface area (Å²) >= 11 is 6.10. The Kier molecular flexibility index (Phi) is 7.02. The standard InChI is InChI=1S/C20H24ClN3O/c1-5-24(4)14-22-20-11-15(2)18(10-16(20)3)12-23-25-13-17-8-6-7-9-19(17)21/h6-12,14H,5,13H2,1-4H3/b22-14-,23-12+. The van der Waals surface area contributed by atoms with Gasteiger partial charge in [-0.15, -0.1) is 0 Å². The van der Waals surface area contributed by atoms with E-state index in [0.717, 1.165) is 34.5 Å². The van der Waals surface area contributed by atoms with Gasteiger partial charge in [0, 0.05) is 24.2 Å². The predicted molar refractivity (Wildman–Crippen MR) is 106 cm³/mol. The van der Waals surface area contributed by atoms with Gasteiger partial charge >= 0.3 is 0 Å². The Bertz CT molecular complexity index is 772. The van der Waals surface area contributed by atoms with E-state index in [1.807, 2.05) is 56.4 Å². The minimum atomic E-state index is 0.347. The van der Waals surface area contributed by atoms with E-state index in [1.54, 1.807) is 6.21 Å². The van der Waals surface area contributed by atoms with Crippen LogP contribution in [0.2, 0.25) is 5.02 Å². The molecule has 0 aliphatic heterocycles. The van der Waals surface area contributed by atoms with Crippen molar-refractivity contribution in [3.8, 4) is 0 Å². The lowest BCUT2D eigenvalue weighted by atomic mass is 10.0. The molecule has 0 aromatic heterocycles. The highest BCUT2D eigenvalue weighted by molar-refractivity contribution is 6.31. The fourth-order valence-corrected chi connectivity index (χ4v) is 2.35. The number of hydrogen-bond acceptors (Lipinski definition) is 3. The van der Waals surface area contributed by atoms with E-state index in [2.05, 4.69) is 29.2 Å². The van der Waals surface area contributed by atoms with Crippen molar-refractivity contribution in [2.75, 3.05) is 13.6 Å². The van der Waals surface area contributed by atoms with Crippen molar-refractivity contribution in [1.29, 1.82) is 0 Å². The quantitative estimate of drug-likeness (QED) is 0.392. The van der Waals surface area contributed by atoms with Gasteiger partial charge in [-0.1, -0.05) is 35.0 Å². The summed E-state index contributed by atoms with van der Waals surface area (Å²) in [4.78, 5) is 11.9. The van der Waals surface area contributed by atoms with Crippen molar-refractivity contribution in [3.63, 3.8) is 0 Å². The zero-order chi connectivity index (χ0) is 18.2. The number of hydrogen-bond donors (Lipinski definition) is 0. The van der Waals surface area contributed by atoms with Gasteiger partial charge in [0.25, 0.3) is 0 Å². The SMILES string of the molecule is CCN(C)/C=N\c1cc(C)c(/C=N/OCc2ccccc2Cl)cc1C. The molecule has 0 radical (unpaired) electrons. The first kappa shape index (κ1) is 19.0. The van der Waals surface area contributed by atoms with Gasteiger partial charge in [-0.2, -0.15) is 0 Å². The van der Waals surface area contributed by atoms with Gasteiger partial charge < -0.3 is 9.74 Å². The number of rotatable bonds is 7. The summed E-state index contributed by atoms with van der Waals surface area (Å²) in [5, 5.41) is 4.75. The maximum absolute atomic E-state index is 6.10. The number of benzene rings is 2. The third kappa shape index (κ3) is 5.61. The molecule has 0 saturated heterocycles. The van der Waals surface area contributed by atoms with Crippen molar-refractivity contribution in [1.82, 2.24) is 4.90 Å². The van der Waals surface area contributed by atoms with Crippen molar-refractivity contribution in [2.45, 2.75) is 27.4 Å². The van der Waals surface area contributed by atoms with Crippen LogP contribution in [0.3, 0.4) is 0 Å². The molecule has 2 rings (SSSR count). The molecule has 0 heterocycles. The highest BCUT2D eigenvalue weighted by Crippen LogP contribution is 2.22. The summed E-state index contributed by atoms with van der Waals surface area (Å²) < 4.78 is 0. The molecule has 0 aliphatic rings. The van der Waals surface area contributed by atoms with Crippen LogP contribution in [-0.4, -0.2) is 31.0 Å². The molecule has 5 heteroatoms. The third-order valence-corrected chi connectivity index (χ3v) is 4.29. The van der Waals surface area contributed by atoms with Gasteiger partial charge in [-0.3, -0.25) is 0 Å². The molecule has 0 spiro atoms. The monoisotopic (exact) mass is 357 g/mol. The number of aliphatic imine (C=N–C) groups is 1. The molecule has 0 fully saturated rings. The first-order valence-electron chi connectivity index (χ1n) is 8.25. The molecule has 4 nitrogen and oxygen atoms in total. The van der Waals surface area contributed by atoms with Gasteiger partial charge in [0.1, 0.15) is 6.61 Å². The Morgan fingerprint density at radius 3 is 2.64 bits per heavy atom. The molecular weight excluding hydrogens is 334 g/mol. The van der Waals surface area contributed by atoms with Crippen LogP contribution in [0.4, 0.5) is 5.69 Å². The molecule has 2 aromatic carbocycles. The van der Waals surface area contributed by atoms with E-state index >= 15 is 0 Å². The highest BCUT2D eigenvalue weighted by atomic mass is 35.5. The summed E-state index contributed by atoms with van der Waals surface area (Å²) in [6.45, 7) is 7.44. The minimum absolute atomic E-state index is 0.347. The van der Waals surface area contributed by atoms with Gasteiger partial charge in [0.2, 0.25) is 0 Å². The fraction of sp³-hybridized carbons (Fsp3) is 0.300. The Morgan fingerprint density at radius 2 is 1.92 bits per heavy atom. The maximum atomic E-state index is 6.10. The Labute approximate surface area is 154 Å². The smallest absolute Gasteiger partial charge is 0.143 e. The van der Waals surface area contributed by atoms with Gasteiger partial charge in [0.05, 0.1) is 18.2 Å². The Hall–Kier alpha value is -2.33. The van der Waals surface area contributed by atoms with Crippen molar-refractivity contribution in [2.24, 2.45) is 10.1 Å². The van der Waals surface area contributed by atoms with Gasteiger partial charge in [-0.05, 0) is 55.7 Å². The van der Waals surface area contributed by atoms with Crippen molar-refractivity contribution in [3.05, 3.63) is 63.7 Å². The lowest BCUT2D eigenvalue weighted by Gasteiger charge is -2.10. The molecule has 2 aromatic rings. The van der Waals surface area contributed by atoms with Gasteiger partial charge in [-0.25, -0.2) is 4.99 Å². The molecule has 25 heavy (non-hydrogen) atoms. The second kappa shape index (κ2) is 9.23. The van der Waals surface area contributed by atoms with E-state index in [9.17, 15) is 0 Å². The molecule has 0 bridgehead atoms. The van der Waals surface area contributed by atoms with E-state index in [1.165, 1.54) is 0 Å². The first-order chi connectivity index (χ1) is 12.0. The van der Waals surface area contributed by atoms with Crippen LogP contribution >= 0.6 is 11.6 Å². The molecule has 0 atom stereocenters. The van der Waals surface area contributed by atoms with Crippen LogP contribution in [0.1, 0.15) is 29.2 Å². The molecule has 0 N–H and O–H groups in total. The van der Waals surface area contributed by atoms with E-state index < -0.39 is 0 Å². The number of nitrogens with zero attached hydrogens (tertiary/aromatic N) is 3. The van der Waals surface area contributed by atoms with Crippen molar-refractivity contribution >= 4 is 29.8 Å². The highest BCUT2D eigenvalue weighted by Gasteiger charge is 2.03. The number of halogens is 1.